The molecule has 0 aliphatic carbocycles. The van der Waals surface area contributed by atoms with Crippen molar-refractivity contribution >= 4 is 5.91 Å². The minimum atomic E-state index is -0.234. The van der Waals surface area contributed by atoms with Crippen LogP contribution in [0, 0.1) is 5.82 Å². The van der Waals surface area contributed by atoms with Crippen molar-refractivity contribution in [3.8, 4) is 0 Å². The Labute approximate surface area is 155 Å². The molecule has 1 saturated heterocycles. The van der Waals surface area contributed by atoms with Gasteiger partial charge in [-0.2, -0.15) is 0 Å². The van der Waals surface area contributed by atoms with Crippen LogP contribution in [0.25, 0.3) is 0 Å². The summed E-state index contributed by atoms with van der Waals surface area (Å²) in [4.78, 5) is 16.5. The van der Waals surface area contributed by atoms with E-state index in [1.807, 2.05) is 11.9 Å². The largest absolute Gasteiger partial charge is 0.321 e. The van der Waals surface area contributed by atoms with Crippen molar-refractivity contribution in [3.05, 3.63) is 71.0 Å². The third kappa shape index (κ3) is 3.96. The van der Waals surface area contributed by atoms with E-state index in [2.05, 4.69) is 49.9 Å². The number of hydrogen-bond acceptors (Lipinski definition) is 2. The summed E-state index contributed by atoms with van der Waals surface area (Å²) in [6.07, 6.45) is 0.674. The molecule has 1 amide bonds. The molecule has 0 bridgehead atoms. The van der Waals surface area contributed by atoms with E-state index in [9.17, 15) is 9.18 Å². The lowest BCUT2D eigenvalue weighted by Gasteiger charge is -2.29. The number of nitrogens with zero attached hydrogens (tertiary/aromatic N) is 2. The van der Waals surface area contributed by atoms with Gasteiger partial charge in [0, 0.05) is 6.54 Å². The fourth-order valence-corrected chi connectivity index (χ4v) is 3.50. The second kappa shape index (κ2) is 7.20. The molecule has 26 heavy (non-hydrogen) atoms. The van der Waals surface area contributed by atoms with E-state index in [0.717, 1.165) is 17.5 Å². The Kier molecular flexibility index (Phi) is 5.15. The van der Waals surface area contributed by atoms with Crippen LogP contribution >= 0.6 is 0 Å². The van der Waals surface area contributed by atoms with Crippen LogP contribution in [0.1, 0.15) is 43.6 Å². The third-order valence-electron chi connectivity index (χ3n) is 5.05. The molecule has 0 aromatic heterocycles. The van der Waals surface area contributed by atoms with Crippen LogP contribution in [0.15, 0.2) is 48.5 Å². The molecule has 4 heteroatoms. The second-order valence-electron chi connectivity index (χ2n) is 8.12. The van der Waals surface area contributed by atoms with E-state index < -0.39 is 0 Å². The molecule has 138 valence electrons. The van der Waals surface area contributed by atoms with Gasteiger partial charge in [0.15, 0.2) is 0 Å². The lowest BCUT2D eigenvalue weighted by Crippen LogP contribution is -2.32. The SMILES string of the molecule is CN1CC(=O)N(CCc2ccc(F)cc2)C1c1ccc(C(C)(C)C)cc1. The number of carbonyl (C=O) groups is 1. The van der Waals surface area contributed by atoms with Crippen molar-refractivity contribution in [2.75, 3.05) is 20.1 Å². The van der Waals surface area contributed by atoms with Crippen LogP contribution in [-0.4, -0.2) is 35.8 Å². The molecule has 1 heterocycles. The standard InChI is InChI=1S/C22H27FN2O/c1-22(2,3)18-9-7-17(8-10-18)21-24(4)15-20(26)25(21)14-13-16-5-11-19(23)12-6-16/h5-12,21H,13-15H2,1-4H3. The van der Waals surface area contributed by atoms with Crippen molar-refractivity contribution in [2.45, 2.75) is 38.8 Å². The Balaban J connectivity index is 1.77. The van der Waals surface area contributed by atoms with Crippen molar-refractivity contribution < 1.29 is 9.18 Å². The second-order valence-corrected chi connectivity index (χ2v) is 8.12. The molecule has 3 nitrogen and oxygen atoms in total. The van der Waals surface area contributed by atoms with Crippen LogP contribution in [0.2, 0.25) is 0 Å². The number of benzene rings is 2. The van der Waals surface area contributed by atoms with Gasteiger partial charge < -0.3 is 4.90 Å². The zero-order valence-electron chi connectivity index (χ0n) is 16.0. The maximum Gasteiger partial charge on any atom is 0.238 e. The van der Waals surface area contributed by atoms with E-state index in [1.165, 1.54) is 17.7 Å². The monoisotopic (exact) mass is 354 g/mol. The first-order chi connectivity index (χ1) is 12.3. The Bertz CT molecular complexity index is 762. The topological polar surface area (TPSA) is 23.6 Å². The summed E-state index contributed by atoms with van der Waals surface area (Å²) in [6, 6.07) is 15.1. The molecular weight excluding hydrogens is 327 g/mol. The highest BCUT2D eigenvalue weighted by molar-refractivity contribution is 5.81. The normalized spacial score (nSPS) is 18.6. The molecule has 3 rings (SSSR count). The van der Waals surface area contributed by atoms with E-state index >= 15 is 0 Å². The predicted molar refractivity (Wildman–Crippen MR) is 102 cm³/mol. The number of likely N-dealkylation sites (N-methyl/N-ethyl adjacent to an activating group) is 1. The summed E-state index contributed by atoms with van der Waals surface area (Å²) in [7, 11) is 1.98. The first-order valence-corrected chi connectivity index (χ1v) is 9.10. The first kappa shape index (κ1) is 18.6. The fraction of sp³-hybridized carbons (Fsp3) is 0.409. The highest BCUT2D eigenvalue weighted by atomic mass is 19.1. The molecule has 1 unspecified atom stereocenters. The smallest absolute Gasteiger partial charge is 0.238 e. The van der Waals surface area contributed by atoms with Gasteiger partial charge in [0.2, 0.25) is 5.91 Å². The van der Waals surface area contributed by atoms with Crippen molar-refractivity contribution in [1.29, 1.82) is 0 Å². The summed E-state index contributed by atoms with van der Waals surface area (Å²) < 4.78 is 13.1. The van der Waals surface area contributed by atoms with Crippen LogP contribution in [0.5, 0.6) is 0 Å². The molecule has 0 saturated carbocycles. The van der Waals surface area contributed by atoms with Gasteiger partial charge >= 0.3 is 0 Å². The Hall–Kier alpha value is -2.20. The molecular formula is C22H27FN2O. The Morgan fingerprint density at radius 3 is 2.23 bits per heavy atom. The lowest BCUT2D eigenvalue weighted by atomic mass is 9.86. The van der Waals surface area contributed by atoms with Gasteiger partial charge in [-0.05, 0) is 47.7 Å². The van der Waals surface area contributed by atoms with E-state index in [0.29, 0.717) is 13.1 Å². The highest BCUT2D eigenvalue weighted by Crippen LogP contribution is 2.31. The number of hydrogen-bond donors (Lipinski definition) is 0. The van der Waals surface area contributed by atoms with Crippen molar-refractivity contribution in [2.24, 2.45) is 0 Å². The summed E-state index contributed by atoms with van der Waals surface area (Å²) in [6.45, 7) is 7.64. The molecule has 1 aliphatic heterocycles. The predicted octanol–water partition coefficient (Wildman–Crippen LogP) is 4.14. The number of rotatable bonds is 4. The zero-order chi connectivity index (χ0) is 18.9. The fourth-order valence-electron chi connectivity index (χ4n) is 3.50. The highest BCUT2D eigenvalue weighted by Gasteiger charge is 2.36. The van der Waals surface area contributed by atoms with Crippen LogP contribution in [-0.2, 0) is 16.6 Å². The maximum absolute atomic E-state index is 13.1. The number of carbonyl (C=O) groups excluding carboxylic acids is 1. The van der Waals surface area contributed by atoms with Crippen LogP contribution < -0.4 is 0 Å². The van der Waals surface area contributed by atoms with E-state index in [-0.39, 0.29) is 23.3 Å². The van der Waals surface area contributed by atoms with Crippen LogP contribution in [0.3, 0.4) is 0 Å². The average molecular weight is 354 g/mol. The average Bonchev–Trinajstić information content (AvgIpc) is 2.87. The summed E-state index contributed by atoms with van der Waals surface area (Å²) in [5.41, 5.74) is 3.56. The van der Waals surface area contributed by atoms with Gasteiger partial charge in [0.05, 0.1) is 6.54 Å². The summed E-state index contributed by atoms with van der Waals surface area (Å²) in [5, 5.41) is 0. The van der Waals surface area contributed by atoms with Gasteiger partial charge in [0.25, 0.3) is 0 Å². The Morgan fingerprint density at radius 1 is 1.04 bits per heavy atom. The van der Waals surface area contributed by atoms with Crippen LogP contribution in [0.4, 0.5) is 4.39 Å². The lowest BCUT2D eigenvalue weighted by molar-refractivity contribution is -0.128. The van der Waals surface area contributed by atoms with Gasteiger partial charge in [-0.3, -0.25) is 9.69 Å². The molecule has 1 aliphatic rings. The number of halogens is 1. The molecule has 1 atom stereocenters. The first-order valence-electron chi connectivity index (χ1n) is 9.10. The van der Waals surface area contributed by atoms with E-state index in [1.54, 1.807) is 12.1 Å². The molecule has 0 radical (unpaired) electrons. The molecule has 1 fully saturated rings. The molecule has 0 N–H and O–H groups in total. The van der Waals surface area contributed by atoms with E-state index in [4.69, 9.17) is 0 Å². The third-order valence-corrected chi connectivity index (χ3v) is 5.05. The number of amides is 1. The van der Waals surface area contributed by atoms with Gasteiger partial charge in [0.1, 0.15) is 12.0 Å². The maximum atomic E-state index is 13.1. The van der Waals surface area contributed by atoms with Gasteiger partial charge in [-0.15, -0.1) is 0 Å². The van der Waals surface area contributed by atoms with Crippen molar-refractivity contribution in [1.82, 2.24) is 9.80 Å². The molecule has 2 aromatic rings. The van der Waals surface area contributed by atoms with Gasteiger partial charge in [-0.1, -0.05) is 57.2 Å². The molecule has 0 spiro atoms. The zero-order valence-corrected chi connectivity index (χ0v) is 16.0. The quantitative estimate of drug-likeness (QED) is 0.824. The minimum Gasteiger partial charge on any atom is -0.321 e. The summed E-state index contributed by atoms with van der Waals surface area (Å²) in [5.74, 6) is -0.0953. The minimum absolute atomic E-state index is 0.0445. The van der Waals surface area contributed by atoms with Crippen molar-refractivity contribution in [3.63, 3.8) is 0 Å². The summed E-state index contributed by atoms with van der Waals surface area (Å²) >= 11 is 0. The van der Waals surface area contributed by atoms with Gasteiger partial charge in [-0.25, -0.2) is 4.39 Å². The molecule has 2 aromatic carbocycles. The Morgan fingerprint density at radius 2 is 1.65 bits per heavy atom.